The fraction of sp³-hybridized carbons (Fsp3) is 0.214. The minimum Gasteiger partial charge on any atom is -0.325 e. The van der Waals surface area contributed by atoms with Gasteiger partial charge >= 0.3 is 6.18 Å². The van der Waals surface area contributed by atoms with E-state index in [1.54, 1.807) is 19.1 Å². The van der Waals surface area contributed by atoms with Crippen molar-refractivity contribution in [1.29, 1.82) is 5.26 Å². The SMILES string of the molecule is CC(c1ccc(Cl)nc1)n1cccc(C(F)(F)F)/c1=N/C#N. The Balaban J connectivity index is 2.63. The quantitative estimate of drug-likeness (QED) is 0.626. The Morgan fingerprint density at radius 3 is 2.64 bits per heavy atom. The van der Waals surface area contributed by atoms with E-state index in [-0.39, 0.29) is 5.15 Å². The summed E-state index contributed by atoms with van der Waals surface area (Å²) in [5.41, 5.74) is -0.770. The number of nitriles is 1. The van der Waals surface area contributed by atoms with Crippen molar-refractivity contribution in [2.75, 3.05) is 0 Å². The normalized spacial score (nSPS) is 13.7. The molecule has 0 saturated heterocycles. The highest BCUT2D eigenvalue weighted by molar-refractivity contribution is 6.29. The van der Waals surface area contributed by atoms with Gasteiger partial charge in [0.25, 0.3) is 0 Å². The second-order valence-electron chi connectivity index (χ2n) is 4.45. The van der Waals surface area contributed by atoms with Crippen LogP contribution in [-0.2, 0) is 6.18 Å². The van der Waals surface area contributed by atoms with Gasteiger partial charge in [-0.25, -0.2) is 4.98 Å². The van der Waals surface area contributed by atoms with Gasteiger partial charge in [-0.05, 0) is 30.7 Å². The maximum atomic E-state index is 13.1. The molecule has 1 unspecified atom stereocenters. The third kappa shape index (κ3) is 3.28. The Hall–Kier alpha value is -2.33. The third-order valence-electron chi connectivity index (χ3n) is 3.11. The molecule has 0 N–H and O–H groups in total. The van der Waals surface area contributed by atoms with Crippen LogP contribution in [0.3, 0.4) is 0 Å². The van der Waals surface area contributed by atoms with Crippen LogP contribution in [0.25, 0.3) is 0 Å². The molecule has 0 fully saturated rings. The summed E-state index contributed by atoms with van der Waals surface area (Å²) in [6.07, 6.45) is -0.277. The van der Waals surface area contributed by atoms with Crippen molar-refractivity contribution in [2.45, 2.75) is 19.1 Å². The van der Waals surface area contributed by atoms with Crippen molar-refractivity contribution in [3.8, 4) is 6.19 Å². The molecular weight excluding hydrogens is 317 g/mol. The van der Waals surface area contributed by atoms with Crippen LogP contribution < -0.4 is 5.49 Å². The van der Waals surface area contributed by atoms with Crippen LogP contribution in [0.1, 0.15) is 24.1 Å². The van der Waals surface area contributed by atoms with E-state index >= 15 is 0 Å². The molecule has 0 spiro atoms. The van der Waals surface area contributed by atoms with Crippen LogP contribution in [0.4, 0.5) is 13.2 Å². The molecule has 8 heteroatoms. The van der Waals surface area contributed by atoms with Crippen molar-refractivity contribution in [2.24, 2.45) is 4.99 Å². The van der Waals surface area contributed by atoms with Gasteiger partial charge in [0.15, 0.2) is 5.49 Å². The van der Waals surface area contributed by atoms with Crippen LogP contribution in [0, 0.1) is 11.5 Å². The zero-order valence-electron chi connectivity index (χ0n) is 11.3. The van der Waals surface area contributed by atoms with Gasteiger partial charge in [0.1, 0.15) is 5.15 Å². The van der Waals surface area contributed by atoms with E-state index in [1.807, 2.05) is 0 Å². The number of hydrogen-bond acceptors (Lipinski definition) is 3. The van der Waals surface area contributed by atoms with Crippen molar-refractivity contribution in [3.63, 3.8) is 0 Å². The Bertz CT molecular complexity index is 772. The predicted octanol–water partition coefficient (Wildman–Crippen LogP) is 3.55. The molecule has 4 nitrogen and oxygen atoms in total. The van der Waals surface area contributed by atoms with E-state index in [0.29, 0.717) is 5.56 Å². The summed E-state index contributed by atoms with van der Waals surface area (Å²) in [7, 11) is 0. The Morgan fingerprint density at radius 1 is 1.36 bits per heavy atom. The first-order valence-electron chi connectivity index (χ1n) is 6.17. The van der Waals surface area contributed by atoms with E-state index in [4.69, 9.17) is 16.9 Å². The monoisotopic (exact) mass is 326 g/mol. The van der Waals surface area contributed by atoms with Gasteiger partial charge in [-0.2, -0.15) is 23.4 Å². The van der Waals surface area contributed by atoms with Crippen molar-refractivity contribution in [1.82, 2.24) is 9.55 Å². The molecule has 0 radical (unpaired) electrons. The van der Waals surface area contributed by atoms with Crippen molar-refractivity contribution < 1.29 is 13.2 Å². The molecule has 2 heterocycles. The van der Waals surface area contributed by atoms with Gasteiger partial charge in [-0.1, -0.05) is 17.7 Å². The summed E-state index contributed by atoms with van der Waals surface area (Å²) >= 11 is 5.70. The number of nitrogens with zero attached hydrogens (tertiary/aromatic N) is 4. The van der Waals surface area contributed by atoms with Gasteiger partial charge in [0.05, 0.1) is 11.6 Å². The number of pyridine rings is 2. The van der Waals surface area contributed by atoms with Gasteiger partial charge in [0, 0.05) is 12.4 Å². The van der Waals surface area contributed by atoms with E-state index in [9.17, 15) is 13.2 Å². The fourth-order valence-electron chi connectivity index (χ4n) is 2.01. The zero-order valence-corrected chi connectivity index (χ0v) is 12.1. The molecule has 22 heavy (non-hydrogen) atoms. The lowest BCUT2D eigenvalue weighted by Crippen LogP contribution is -2.31. The van der Waals surface area contributed by atoms with Crippen LogP contribution in [-0.4, -0.2) is 9.55 Å². The van der Waals surface area contributed by atoms with E-state index < -0.39 is 23.3 Å². The van der Waals surface area contributed by atoms with E-state index in [1.165, 1.54) is 29.2 Å². The first kappa shape index (κ1) is 16.0. The molecule has 2 aromatic rings. The van der Waals surface area contributed by atoms with Gasteiger partial charge in [-0.3, -0.25) is 0 Å². The van der Waals surface area contributed by atoms with Gasteiger partial charge in [0.2, 0.25) is 6.19 Å². The van der Waals surface area contributed by atoms with Crippen LogP contribution >= 0.6 is 11.6 Å². The fourth-order valence-corrected chi connectivity index (χ4v) is 2.12. The third-order valence-corrected chi connectivity index (χ3v) is 3.33. The van der Waals surface area contributed by atoms with Crippen LogP contribution in [0.2, 0.25) is 5.15 Å². The minimum absolute atomic E-state index is 0.284. The van der Waals surface area contributed by atoms with Crippen molar-refractivity contribution in [3.05, 3.63) is 58.4 Å². The Labute approximate surface area is 129 Å². The number of aromatic nitrogens is 2. The van der Waals surface area contributed by atoms with E-state index in [2.05, 4.69) is 9.98 Å². The zero-order chi connectivity index (χ0) is 16.3. The lowest BCUT2D eigenvalue weighted by molar-refractivity contribution is -0.139. The maximum absolute atomic E-state index is 13.1. The van der Waals surface area contributed by atoms with E-state index in [0.717, 1.165) is 6.07 Å². The Morgan fingerprint density at radius 2 is 2.09 bits per heavy atom. The highest BCUT2D eigenvalue weighted by Gasteiger charge is 2.33. The maximum Gasteiger partial charge on any atom is 0.419 e. The van der Waals surface area contributed by atoms with Crippen LogP contribution in [0.15, 0.2) is 41.7 Å². The highest BCUT2D eigenvalue weighted by Crippen LogP contribution is 2.27. The molecule has 0 aliphatic heterocycles. The number of rotatable bonds is 2. The number of alkyl halides is 3. The summed E-state index contributed by atoms with van der Waals surface area (Å²) in [6, 6.07) is 4.85. The molecule has 0 bridgehead atoms. The lowest BCUT2D eigenvalue weighted by Gasteiger charge is -2.18. The molecular formula is C14H10ClF3N4. The molecule has 0 amide bonds. The average Bonchev–Trinajstić information content (AvgIpc) is 2.47. The minimum atomic E-state index is -4.60. The standard InChI is InChI=1S/C14H10ClF3N4/c1-9(10-4-5-12(15)20-7-10)22-6-2-3-11(14(16,17)18)13(22)21-8-19/h2-7,9H,1H3/b21-13-. The molecule has 1 atom stereocenters. The number of hydrogen-bond donors (Lipinski definition) is 0. The first-order chi connectivity index (χ1) is 10.3. The molecule has 2 aromatic heterocycles. The Kier molecular flexibility index (Phi) is 4.52. The molecule has 0 aliphatic carbocycles. The van der Waals surface area contributed by atoms with Crippen molar-refractivity contribution >= 4 is 11.6 Å². The molecule has 0 saturated carbocycles. The van der Waals surface area contributed by atoms with Gasteiger partial charge in [-0.15, -0.1) is 0 Å². The predicted molar refractivity (Wildman–Crippen MR) is 73.7 cm³/mol. The smallest absolute Gasteiger partial charge is 0.325 e. The van der Waals surface area contributed by atoms with Gasteiger partial charge < -0.3 is 4.57 Å². The molecule has 114 valence electrons. The second-order valence-corrected chi connectivity index (χ2v) is 4.84. The highest BCUT2D eigenvalue weighted by atomic mass is 35.5. The second kappa shape index (κ2) is 6.20. The summed E-state index contributed by atoms with van der Waals surface area (Å²) in [5.74, 6) is 0. The summed E-state index contributed by atoms with van der Waals surface area (Å²) < 4.78 is 40.4. The molecule has 0 aromatic carbocycles. The first-order valence-corrected chi connectivity index (χ1v) is 6.55. The average molecular weight is 327 g/mol. The summed E-state index contributed by atoms with van der Waals surface area (Å²) in [5, 5.41) is 8.98. The molecule has 0 aliphatic rings. The summed E-state index contributed by atoms with van der Waals surface area (Å²) in [4.78, 5) is 7.25. The number of halogens is 4. The summed E-state index contributed by atoms with van der Waals surface area (Å²) in [6.45, 7) is 1.68. The topological polar surface area (TPSA) is 54.0 Å². The van der Waals surface area contributed by atoms with Crippen LogP contribution in [0.5, 0.6) is 0 Å². The molecule has 2 rings (SSSR count). The largest absolute Gasteiger partial charge is 0.419 e. The lowest BCUT2D eigenvalue weighted by atomic mass is 10.1.